The van der Waals surface area contributed by atoms with E-state index in [1.54, 1.807) is 67.6 Å². The minimum absolute atomic E-state index is 0.00722. The molecule has 0 saturated carbocycles. The zero-order valence-electron chi connectivity index (χ0n) is 26.1. The molecule has 0 spiro atoms. The largest absolute Gasteiger partial charge is 0.494 e. The quantitative estimate of drug-likeness (QED) is 0.146. The van der Waals surface area contributed by atoms with Gasteiger partial charge in [-0.15, -0.1) is 11.8 Å². The highest BCUT2D eigenvalue weighted by Gasteiger charge is 2.34. The van der Waals surface area contributed by atoms with E-state index >= 15 is 0 Å². The van der Waals surface area contributed by atoms with Gasteiger partial charge in [0.15, 0.2) is 0 Å². The van der Waals surface area contributed by atoms with Crippen LogP contribution in [0.4, 0.5) is 5.69 Å². The zero-order valence-corrected chi connectivity index (χ0v) is 28.4. The molecule has 0 heterocycles. The lowest BCUT2D eigenvalue weighted by Gasteiger charge is -2.34. The number of hydrogen-bond acceptors (Lipinski definition) is 6. The molecule has 0 radical (unpaired) electrons. The molecule has 46 heavy (non-hydrogen) atoms. The Labute approximate surface area is 280 Å². The summed E-state index contributed by atoms with van der Waals surface area (Å²) in [7, 11) is -4.22. The third-order valence-electron chi connectivity index (χ3n) is 7.28. The molecule has 4 aromatic rings. The molecular weight excluding hydrogens is 642 g/mol. The number of sulfonamides is 1. The van der Waals surface area contributed by atoms with E-state index in [9.17, 15) is 18.0 Å². The monoisotopic (exact) mass is 679 g/mol. The molecule has 0 bridgehead atoms. The van der Waals surface area contributed by atoms with Gasteiger partial charge in [0.1, 0.15) is 18.3 Å². The molecule has 0 aliphatic rings. The first kappa shape index (κ1) is 34.9. The van der Waals surface area contributed by atoms with Crippen molar-refractivity contribution in [3.63, 3.8) is 0 Å². The Morgan fingerprint density at radius 2 is 1.54 bits per heavy atom. The molecular formula is C35H38ClN3O5S2. The van der Waals surface area contributed by atoms with Crippen molar-refractivity contribution in [2.75, 3.05) is 30.3 Å². The van der Waals surface area contributed by atoms with Crippen LogP contribution in [0.5, 0.6) is 5.75 Å². The van der Waals surface area contributed by atoms with Crippen molar-refractivity contribution >= 4 is 50.9 Å². The Morgan fingerprint density at radius 1 is 0.891 bits per heavy atom. The first-order valence-electron chi connectivity index (χ1n) is 14.9. The summed E-state index contributed by atoms with van der Waals surface area (Å²) in [5.74, 6) is -0.348. The maximum atomic E-state index is 14.5. The number of ether oxygens (including phenoxy) is 1. The van der Waals surface area contributed by atoms with Gasteiger partial charge in [-0.3, -0.25) is 13.9 Å². The predicted molar refractivity (Wildman–Crippen MR) is 185 cm³/mol. The maximum absolute atomic E-state index is 14.5. The summed E-state index contributed by atoms with van der Waals surface area (Å²) in [4.78, 5) is 30.5. The van der Waals surface area contributed by atoms with Crippen LogP contribution in [-0.4, -0.2) is 57.1 Å². The summed E-state index contributed by atoms with van der Waals surface area (Å²) in [5, 5.41) is 3.29. The molecule has 0 aliphatic carbocycles. The van der Waals surface area contributed by atoms with Crippen molar-refractivity contribution in [3.05, 3.63) is 119 Å². The van der Waals surface area contributed by atoms with E-state index in [0.29, 0.717) is 29.5 Å². The smallest absolute Gasteiger partial charge is 0.264 e. The molecule has 0 aromatic heterocycles. The predicted octanol–water partition coefficient (Wildman–Crippen LogP) is 6.43. The fraction of sp³-hybridized carbons (Fsp3) is 0.257. The van der Waals surface area contributed by atoms with Crippen molar-refractivity contribution < 1.29 is 22.7 Å². The normalized spacial score (nSPS) is 11.8. The van der Waals surface area contributed by atoms with Gasteiger partial charge in [-0.25, -0.2) is 8.42 Å². The Bertz CT molecular complexity index is 1700. The summed E-state index contributed by atoms with van der Waals surface area (Å²) < 4.78 is 35.1. The van der Waals surface area contributed by atoms with Crippen LogP contribution in [0, 0.1) is 0 Å². The van der Waals surface area contributed by atoms with Crippen molar-refractivity contribution in [1.82, 2.24) is 10.2 Å². The van der Waals surface area contributed by atoms with Crippen LogP contribution in [0.2, 0.25) is 5.02 Å². The van der Waals surface area contributed by atoms with E-state index in [-0.39, 0.29) is 29.5 Å². The highest BCUT2D eigenvalue weighted by atomic mass is 35.5. The maximum Gasteiger partial charge on any atom is 0.264 e. The van der Waals surface area contributed by atoms with Crippen LogP contribution < -0.4 is 14.4 Å². The lowest BCUT2D eigenvalue weighted by molar-refractivity contribution is -0.140. The number of amides is 2. The van der Waals surface area contributed by atoms with Crippen LogP contribution in [-0.2, 0) is 32.6 Å². The van der Waals surface area contributed by atoms with Crippen LogP contribution in [0.1, 0.15) is 25.0 Å². The molecule has 4 rings (SSSR count). The SMILES string of the molecule is CCNC(=O)[C@H](Cc1ccccc1)N(Cc1ccccc1Cl)C(=O)CN(c1ccc(OCC)cc1)S(=O)(=O)c1ccc(SC)cc1. The van der Waals surface area contributed by atoms with Gasteiger partial charge >= 0.3 is 0 Å². The summed E-state index contributed by atoms with van der Waals surface area (Å²) in [5.41, 5.74) is 1.75. The van der Waals surface area contributed by atoms with Crippen LogP contribution in [0.25, 0.3) is 0 Å². The van der Waals surface area contributed by atoms with Crippen LogP contribution in [0.3, 0.4) is 0 Å². The molecule has 1 N–H and O–H groups in total. The number of carbonyl (C=O) groups is 2. The third-order valence-corrected chi connectivity index (χ3v) is 10.2. The molecule has 4 aromatic carbocycles. The van der Waals surface area contributed by atoms with E-state index in [2.05, 4.69) is 5.32 Å². The minimum Gasteiger partial charge on any atom is -0.494 e. The number of thioether (sulfide) groups is 1. The van der Waals surface area contributed by atoms with E-state index in [1.807, 2.05) is 43.5 Å². The van der Waals surface area contributed by atoms with Gasteiger partial charge in [-0.1, -0.05) is 60.1 Å². The second kappa shape index (κ2) is 16.5. The molecule has 0 unspecified atom stereocenters. The molecule has 1 atom stereocenters. The van der Waals surface area contributed by atoms with Crippen molar-refractivity contribution in [2.24, 2.45) is 0 Å². The molecule has 0 saturated heterocycles. The van der Waals surface area contributed by atoms with E-state index in [4.69, 9.17) is 16.3 Å². The van der Waals surface area contributed by atoms with E-state index < -0.39 is 28.5 Å². The Kier molecular flexibility index (Phi) is 12.5. The fourth-order valence-corrected chi connectivity index (χ4v) is 6.95. The Hall–Kier alpha value is -3.99. The van der Waals surface area contributed by atoms with Gasteiger partial charge in [0, 0.05) is 29.4 Å². The first-order valence-corrected chi connectivity index (χ1v) is 18.0. The molecule has 8 nitrogen and oxygen atoms in total. The number of nitrogens with one attached hydrogen (secondary N) is 1. The number of hydrogen-bond donors (Lipinski definition) is 1. The summed E-state index contributed by atoms with van der Waals surface area (Å²) in [6.45, 7) is 3.90. The number of nitrogens with zero attached hydrogens (tertiary/aromatic N) is 2. The Balaban J connectivity index is 1.80. The van der Waals surface area contributed by atoms with Crippen LogP contribution in [0.15, 0.2) is 113 Å². The molecule has 0 fully saturated rings. The number of rotatable bonds is 15. The van der Waals surface area contributed by atoms with Gasteiger partial charge in [-0.05, 0) is 85.8 Å². The van der Waals surface area contributed by atoms with Gasteiger partial charge in [0.05, 0.1) is 17.2 Å². The first-order chi connectivity index (χ1) is 22.2. The number of likely N-dealkylation sites (N-methyl/N-ethyl adjacent to an activating group) is 1. The average molecular weight is 680 g/mol. The highest BCUT2D eigenvalue weighted by molar-refractivity contribution is 7.98. The second-order valence-electron chi connectivity index (χ2n) is 10.3. The molecule has 11 heteroatoms. The summed E-state index contributed by atoms with van der Waals surface area (Å²) >= 11 is 8.03. The fourth-order valence-electron chi connectivity index (χ4n) is 4.94. The topological polar surface area (TPSA) is 96.0 Å². The van der Waals surface area contributed by atoms with Gasteiger partial charge in [-0.2, -0.15) is 0 Å². The van der Waals surface area contributed by atoms with Crippen molar-refractivity contribution in [3.8, 4) is 5.75 Å². The zero-order chi connectivity index (χ0) is 33.1. The van der Waals surface area contributed by atoms with Gasteiger partial charge in [0.25, 0.3) is 10.0 Å². The van der Waals surface area contributed by atoms with E-state index in [0.717, 1.165) is 14.8 Å². The van der Waals surface area contributed by atoms with Crippen molar-refractivity contribution in [2.45, 2.75) is 42.6 Å². The summed E-state index contributed by atoms with van der Waals surface area (Å²) in [6.07, 6.45) is 2.12. The standard InChI is InChI=1S/C35H38ClN3O5S2/c1-4-37-35(41)33(23-26-11-7-6-8-12-26)38(24-27-13-9-10-14-32(27)36)34(40)25-39(28-15-17-29(18-16-28)44-5-2)46(42,43)31-21-19-30(45-3)20-22-31/h6-22,33H,4-5,23-25H2,1-3H3,(H,37,41)/t33-/m0/s1. The molecule has 242 valence electrons. The minimum atomic E-state index is -4.22. The number of anilines is 1. The number of benzene rings is 4. The molecule has 0 aliphatic heterocycles. The lowest BCUT2D eigenvalue weighted by atomic mass is 10.0. The van der Waals surface area contributed by atoms with Gasteiger partial charge in [0.2, 0.25) is 11.8 Å². The summed E-state index contributed by atoms with van der Waals surface area (Å²) in [6, 6.07) is 28.6. The average Bonchev–Trinajstić information content (AvgIpc) is 3.07. The molecule has 2 amide bonds. The van der Waals surface area contributed by atoms with E-state index in [1.165, 1.54) is 28.8 Å². The van der Waals surface area contributed by atoms with Crippen molar-refractivity contribution in [1.29, 1.82) is 0 Å². The lowest BCUT2D eigenvalue weighted by Crippen LogP contribution is -2.53. The van der Waals surface area contributed by atoms with Crippen LogP contribution >= 0.6 is 23.4 Å². The Morgan fingerprint density at radius 3 is 2.15 bits per heavy atom. The number of carbonyl (C=O) groups excluding carboxylic acids is 2. The number of halogens is 1. The highest BCUT2D eigenvalue weighted by Crippen LogP contribution is 2.28. The third kappa shape index (κ3) is 8.84. The second-order valence-corrected chi connectivity index (χ2v) is 13.5. The van der Waals surface area contributed by atoms with Gasteiger partial charge < -0.3 is 15.0 Å².